The van der Waals surface area contributed by atoms with Crippen LogP contribution in [0.1, 0.15) is 30.7 Å². The first-order valence-electron chi connectivity index (χ1n) is 6.78. The van der Waals surface area contributed by atoms with E-state index in [1.807, 2.05) is 12.1 Å². The fourth-order valence-electron chi connectivity index (χ4n) is 4.34. The first-order chi connectivity index (χ1) is 8.74. The van der Waals surface area contributed by atoms with E-state index < -0.39 is 0 Å². The highest BCUT2D eigenvalue weighted by atomic mass is 35.5. The Bertz CT molecular complexity index is 498. The summed E-state index contributed by atoms with van der Waals surface area (Å²) in [5.74, 6) is 1.12. The summed E-state index contributed by atoms with van der Waals surface area (Å²) in [6, 6.07) is 9.27. The number of hydrogen-bond donors (Lipinski definition) is 0. The minimum absolute atomic E-state index is 0.241. The maximum Gasteiger partial charge on any atom is 0.152 e. The highest BCUT2D eigenvalue weighted by Gasteiger charge is 2.55. The lowest BCUT2D eigenvalue weighted by molar-refractivity contribution is -0.120. The summed E-state index contributed by atoms with van der Waals surface area (Å²) in [6.45, 7) is 0.699. The van der Waals surface area contributed by atoms with Gasteiger partial charge in [0.1, 0.15) is 0 Å². The summed E-state index contributed by atoms with van der Waals surface area (Å²) in [4.78, 5) is 14.7. The normalized spacial score (nSPS) is 41.4. The van der Waals surface area contributed by atoms with Gasteiger partial charge < -0.3 is 0 Å². The number of nitrogens with zero attached hydrogens (tertiary/aromatic N) is 1. The molecule has 3 aliphatic rings. The van der Waals surface area contributed by atoms with E-state index in [0.717, 1.165) is 11.4 Å². The Morgan fingerprint density at radius 1 is 1.17 bits per heavy atom. The summed E-state index contributed by atoms with van der Waals surface area (Å²) in [6.07, 6.45) is 3.64. The molecule has 2 nitrogen and oxygen atoms in total. The van der Waals surface area contributed by atoms with E-state index >= 15 is 0 Å². The Balaban J connectivity index is 1.73. The van der Waals surface area contributed by atoms with Crippen molar-refractivity contribution >= 4 is 17.4 Å². The van der Waals surface area contributed by atoms with Gasteiger partial charge in [0.25, 0.3) is 0 Å². The van der Waals surface area contributed by atoms with Crippen molar-refractivity contribution in [1.29, 1.82) is 0 Å². The Hall–Kier alpha value is -0.860. The summed E-state index contributed by atoms with van der Waals surface area (Å²) >= 11 is 5.95. The molecule has 0 amide bonds. The lowest BCUT2D eigenvalue weighted by Crippen LogP contribution is -2.40. The van der Waals surface area contributed by atoms with Crippen LogP contribution in [0.25, 0.3) is 0 Å². The maximum atomic E-state index is 12.2. The molecule has 3 fully saturated rings. The minimum atomic E-state index is 0.241. The van der Waals surface area contributed by atoms with Crippen LogP contribution in [0.3, 0.4) is 0 Å². The Kier molecular flexibility index (Phi) is 2.33. The van der Waals surface area contributed by atoms with E-state index in [9.17, 15) is 4.79 Å². The van der Waals surface area contributed by atoms with Crippen molar-refractivity contribution in [2.45, 2.75) is 37.3 Å². The highest BCUT2D eigenvalue weighted by Crippen LogP contribution is 2.50. The first kappa shape index (κ1) is 11.0. The van der Waals surface area contributed by atoms with Crippen LogP contribution in [-0.2, 0) is 4.79 Å². The molecular weight excluding hydrogens is 246 g/mol. The zero-order valence-electron chi connectivity index (χ0n) is 10.2. The van der Waals surface area contributed by atoms with Crippen molar-refractivity contribution in [1.82, 2.24) is 4.90 Å². The maximum absolute atomic E-state index is 12.2. The molecule has 0 spiro atoms. The molecule has 1 aromatic carbocycles. The quantitative estimate of drug-likeness (QED) is 0.775. The molecule has 4 rings (SSSR count). The standard InChI is InChI=1S/C15H16ClNO/c16-10-3-1-9(2-4-10)12-7-11-5-6-13-15(12)14(18)8-17(11)13/h1-4,11-13,15H,5-8H2. The molecule has 0 aliphatic carbocycles. The van der Waals surface area contributed by atoms with Crippen molar-refractivity contribution in [2.75, 3.05) is 6.54 Å². The third kappa shape index (κ3) is 1.42. The lowest BCUT2D eigenvalue weighted by atomic mass is 9.77. The van der Waals surface area contributed by atoms with Gasteiger partial charge in [0.05, 0.1) is 6.54 Å². The van der Waals surface area contributed by atoms with Crippen molar-refractivity contribution < 1.29 is 4.79 Å². The van der Waals surface area contributed by atoms with Crippen LogP contribution in [0.4, 0.5) is 0 Å². The van der Waals surface area contributed by atoms with E-state index in [2.05, 4.69) is 17.0 Å². The van der Waals surface area contributed by atoms with Gasteiger partial charge in [-0.2, -0.15) is 0 Å². The summed E-state index contributed by atoms with van der Waals surface area (Å²) in [5.41, 5.74) is 1.30. The van der Waals surface area contributed by atoms with E-state index in [1.165, 1.54) is 18.4 Å². The molecule has 1 aromatic rings. The van der Waals surface area contributed by atoms with Crippen LogP contribution >= 0.6 is 11.6 Å². The van der Waals surface area contributed by atoms with Gasteiger partial charge in [0, 0.05) is 23.0 Å². The molecule has 3 aliphatic heterocycles. The van der Waals surface area contributed by atoms with Crippen molar-refractivity contribution in [3.8, 4) is 0 Å². The van der Waals surface area contributed by atoms with Gasteiger partial charge in [-0.05, 0) is 42.9 Å². The molecule has 94 valence electrons. The molecule has 0 saturated carbocycles. The van der Waals surface area contributed by atoms with E-state index in [4.69, 9.17) is 11.6 Å². The highest BCUT2D eigenvalue weighted by molar-refractivity contribution is 6.30. The van der Waals surface area contributed by atoms with Gasteiger partial charge in [-0.1, -0.05) is 23.7 Å². The Morgan fingerprint density at radius 3 is 2.72 bits per heavy atom. The predicted octanol–water partition coefficient (Wildman–Crippen LogP) is 2.86. The van der Waals surface area contributed by atoms with Crippen LogP contribution in [-0.4, -0.2) is 29.3 Å². The molecule has 3 heterocycles. The molecule has 3 heteroatoms. The van der Waals surface area contributed by atoms with Gasteiger partial charge in [0.2, 0.25) is 0 Å². The average molecular weight is 262 g/mol. The number of benzene rings is 1. The van der Waals surface area contributed by atoms with Crippen LogP contribution in [0, 0.1) is 5.92 Å². The van der Waals surface area contributed by atoms with Crippen molar-refractivity contribution in [2.24, 2.45) is 5.92 Å². The average Bonchev–Trinajstić information content (AvgIpc) is 2.76. The second-order valence-corrected chi connectivity index (χ2v) is 6.29. The molecule has 0 radical (unpaired) electrons. The van der Waals surface area contributed by atoms with Crippen LogP contribution in [0.5, 0.6) is 0 Å². The Labute approximate surface area is 112 Å². The topological polar surface area (TPSA) is 20.3 Å². The monoisotopic (exact) mass is 261 g/mol. The number of rotatable bonds is 1. The van der Waals surface area contributed by atoms with Crippen LogP contribution in [0.15, 0.2) is 24.3 Å². The number of carbonyl (C=O) groups excluding carboxylic acids is 1. The van der Waals surface area contributed by atoms with Gasteiger partial charge >= 0.3 is 0 Å². The van der Waals surface area contributed by atoms with Crippen LogP contribution in [0.2, 0.25) is 5.02 Å². The molecule has 3 saturated heterocycles. The lowest BCUT2D eigenvalue weighted by Gasteiger charge is -2.36. The van der Waals surface area contributed by atoms with Gasteiger partial charge in [-0.15, -0.1) is 0 Å². The summed E-state index contributed by atoms with van der Waals surface area (Å²) in [5, 5.41) is 0.775. The third-order valence-corrected chi connectivity index (χ3v) is 5.33. The first-order valence-corrected chi connectivity index (χ1v) is 7.16. The predicted molar refractivity (Wildman–Crippen MR) is 70.8 cm³/mol. The SMILES string of the molecule is O=C1CN2C3CCC2C1C(c1ccc(Cl)cc1)C3. The van der Waals surface area contributed by atoms with Crippen molar-refractivity contribution in [3.05, 3.63) is 34.9 Å². The fourth-order valence-corrected chi connectivity index (χ4v) is 4.46. The molecular formula is C15H16ClNO. The molecule has 4 bridgehead atoms. The number of hydrogen-bond acceptors (Lipinski definition) is 2. The number of halogens is 1. The van der Waals surface area contributed by atoms with Gasteiger partial charge in [0.15, 0.2) is 5.78 Å². The summed E-state index contributed by atoms with van der Waals surface area (Å²) in [7, 11) is 0. The van der Waals surface area contributed by atoms with Gasteiger partial charge in [-0.25, -0.2) is 0 Å². The van der Waals surface area contributed by atoms with E-state index in [-0.39, 0.29) is 5.92 Å². The second-order valence-electron chi connectivity index (χ2n) is 5.86. The molecule has 18 heavy (non-hydrogen) atoms. The molecule has 0 N–H and O–H groups in total. The molecule has 5 unspecified atom stereocenters. The number of ketones is 1. The second kappa shape index (κ2) is 3.82. The molecule has 5 atom stereocenters. The number of Topliss-reactive ketones (excluding diaryl/α,β-unsaturated/α-hetero) is 1. The number of carbonyl (C=O) groups is 1. The molecule has 0 aromatic heterocycles. The van der Waals surface area contributed by atoms with E-state index in [1.54, 1.807) is 0 Å². The van der Waals surface area contributed by atoms with Crippen LogP contribution < -0.4 is 0 Å². The van der Waals surface area contributed by atoms with Gasteiger partial charge in [-0.3, -0.25) is 9.69 Å². The zero-order valence-corrected chi connectivity index (χ0v) is 10.9. The largest absolute Gasteiger partial charge is 0.298 e. The van der Waals surface area contributed by atoms with Crippen molar-refractivity contribution in [3.63, 3.8) is 0 Å². The third-order valence-electron chi connectivity index (χ3n) is 5.07. The number of piperidine rings is 1. The fraction of sp³-hybridized carbons (Fsp3) is 0.533. The minimum Gasteiger partial charge on any atom is -0.298 e. The zero-order chi connectivity index (χ0) is 12.3. The summed E-state index contributed by atoms with van der Waals surface area (Å²) < 4.78 is 0. The smallest absolute Gasteiger partial charge is 0.152 e. The van der Waals surface area contributed by atoms with E-state index in [0.29, 0.717) is 30.3 Å². The Morgan fingerprint density at radius 2 is 1.94 bits per heavy atom.